The molecule has 0 aliphatic heterocycles. The molecule has 0 aliphatic carbocycles. The van der Waals surface area contributed by atoms with E-state index in [4.69, 9.17) is 5.11 Å². The van der Waals surface area contributed by atoms with Crippen molar-refractivity contribution < 1.29 is 23.5 Å². The van der Waals surface area contributed by atoms with Crippen molar-refractivity contribution in [2.45, 2.75) is 12.5 Å². The first-order valence-electron chi connectivity index (χ1n) is 5.93. The van der Waals surface area contributed by atoms with Gasteiger partial charge in [0.1, 0.15) is 6.04 Å². The lowest BCUT2D eigenvalue weighted by atomic mass is 10.1. The second-order valence-corrected chi connectivity index (χ2v) is 4.27. The van der Waals surface area contributed by atoms with Gasteiger partial charge < -0.3 is 15.4 Å². The SMILES string of the molecule is O=C(NC(Cc1cnc[nH]1)C(=O)O)c1ccc(F)c(F)c1. The van der Waals surface area contributed by atoms with E-state index in [-0.39, 0.29) is 12.0 Å². The molecule has 1 atom stereocenters. The van der Waals surface area contributed by atoms with Crippen LogP contribution in [-0.2, 0) is 11.2 Å². The predicted molar refractivity (Wildman–Crippen MR) is 67.5 cm³/mol. The van der Waals surface area contributed by atoms with Crippen molar-refractivity contribution in [2.75, 3.05) is 0 Å². The molecule has 0 spiro atoms. The molecule has 0 radical (unpaired) electrons. The van der Waals surface area contributed by atoms with E-state index in [9.17, 15) is 18.4 Å². The van der Waals surface area contributed by atoms with Gasteiger partial charge in [0.2, 0.25) is 0 Å². The van der Waals surface area contributed by atoms with Crippen molar-refractivity contribution in [3.8, 4) is 0 Å². The second kappa shape index (κ2) is 6.12. The Labute approximate surface area is 117 Å². The van der Waals surface area contributed by atoms with E-state index < -0.39 is 29.6 Å². The van der Waals surface area contributed by atoms with Crippen LogP contribution in [0.15, 0.2) is 30.7 Å². The van der Waals surface area contributed by atoms with Crippen LogP contribution in [0, 0.1) is 11.6 Å². The highest BCUT2D eigenvalue weighted by molar-refractivity contribution is 5.96. The third kappa shape index (κ3) is 3.62. The first kappa shape index (κ1) is 14.6. The van der Waals surface area contributed by atoms with Crippen LogP contribution in [0.1, 0.15) is 16.1 Å². The average Bonchev–Trinajstić information content (AvgIpc) is 2.93. The molecular weight excluding hydrogens is 284 g/mol. The normalized spacial score (nSPS) is 11.9. The van der Waals surface area contributed by atoms with E-state index >= 15 is 0 Å². The number of aromatic amines is 1. The first-order valence-corrected chi connectivity index (χ1v) is 5.93. The molecule has 8 heteroatoms. The van der Waals surface area contributed by atoms with Crippen molar-refractivity contribution in [1.82, 2.24) is 15.3 Å². The summed E-state index contributed by atoms with van der Waals surface area (Å²) in [4.78, 5) is 29.5. The van der Waals surface area contributed by atoms with Crippen LogP contribution in [0.4, 0.5) is 8.78 Å². The molecule has 0 fully saturated rings. The van der Waals surface area contributed by atoms with Gasteiger partial charge in [-0.25, -0.2) is 18.6 Å². The molecule has 0 aliphatic rings. The van der Waals surface area contributed by atoms with Crippen molar-refractivity contribution >= 4 is 11.9 Å². The number of aromatic nitrogens is 2. The van der Waals surface area contributed by atoms with Crippen LogP contribution in [0.5, 0.6) is 0 Å². The standard InChI is InChI=1S/C13H11F2N3O3/c14-9-2-1-7(3-10(9)15)12(19)18-11(13(20)21)4-8-5-16-6-17-8/h1-3,5-6,11H,4H2,(H,16,17)(H,18,19)(H,20,21). The topological polar surface area (TPSA) is 95.1 Å². The maximum Gasteiger partial charge on any atom is 0.326 e. The number of hydrogen-bond donors (Lipinski definition) is 3. The third-order valence-electron chi connectivity index (χ3n) is 2.76. The Hall–Kier alpha value is -2.77. The van der Waals surface area contributed by atoms with Crippen LogP contribution < -0.4 is 5.32 Å². The second-order valence-electron chi connectivity index (χ2n) is 4.27. The lowest BCUT2D eigenvalue weighted by molar-refractivity contribution is -0.139. The lowest BCUT2D eigenvalue weighted by Crippen LogP contribution is -2.42. The fourth-order valence-corrected chi connectivity index (χ4v) is 1.70. The molecule has 1 unspecified atom stereocenters. The number of carboxylic acids is 1. The zero-order valence-electron chi connectivity index (χ0n) is 10.6. The first-order chi connectivity index (χ1) is 9.97. The average molecular weight is 295 g/mol. The number of benzene rings is 1. The number of amides is 1. The van der Waals surface area contributed by atoms with Crippen molar-refractivity contribution in [3.63, 3.8) is 0 Å². The maximum atomic E-state index is 13.1. The summed E-state index contributed by atoms with van der Waals surface area (Å²) in [6, 6.07) is 1.36. The number of nitrogens with one attached hydrogen (secondary N) is 2. The van der Waals surface area contributed by atoms with Crippen LogP contribution >= 0.6 is 0 Å². The number of rotatable bonds is 5. The lowest BCUT2D eigenvalue weighted by Gasteiger charge is -2.13. The molecule has 6 nitrogen and oxygen atoms in total. The van der Waals surface area contributed by atoms with E-state index in [0.717, 1.165) is 12.1 Å². The molecule has 1 aromatic carbocycles. The van der Waals surface area contributed by atoms with Crippen LogP contribution in [0.3, 0.4) is 0 Å². The van der Waals surface area contributed by atoms with Gasteiger partial charge in [0.25, 0.3) is 5.91 Å². The molecule has 2 aromatic rings. The van der Waals surface area contributed by atoms with Gasteiger partial charge >= 0.3 is 5.97 Å². The molecular formula is C13H11F2N3O3. The number of hydrogen-bond acceptors (Lipinski definition) is 3. The fraction of sp³-hybridized carbons (Fsp3) is 0.154. The van der Waals surface area contributed by atoms with Crippen molar-refractivity contribution in [1.29, 1.82) is 0 Å². The molecule has 2 rings (SSSR count). The number of aliphatic carboxylic acids is 1. The van der Waals surface area contributed by atoms with E-state index in [2.05, 4.69) is 15.3 Å². The summed E-state index contributed by atoms with van der Waals surface area (Å²) in [6.07, 6.45) is 2.80. The summed E-state index contributed by atoms with van der Waals surface area (Å²) in [7, 11) is 0. The largest absolute Gasteiger partial charge is 0.480 e. The summed E-state index contributed by atoms with van der Waals surface area (Å²) in [6.45, 7) is 0. The van der Waals surface area contributed by atoms with Gasteiger partial charge in [-0.05, 0) is 18.2 Å². The van der Waals surface area contributed by atoms with Crippen LogP contribution in [-0.4, -0.2) is 33.0 Å². The number of carboxylic acid groups (broad SMARTS) is 1. The van der Waals surface area contributed by atoms with E-state index in [1.54, 1.807) is 0 Å². The molecule has 21 heavy (non-hydrogen) atoms. The number of carbonyl (C=O) groups is 2. The number of H-pyrrole nitrogens is 1. The van der Waals surface area contributed by atoms with E-state index in [0.29, 0.717) is 11.8 Å². The number of imidazole rings is 1. The Morgan fingerprint density at radius 2 is 2.10 bits per heavy atom. The molecule has 1 amide bonds. The van der Waals surface area contributed by atoms with Crippen LogP contribution in [0.2, 0.25) is 0 Å². The van der Waals surface area contributed by atoms with E-state index in [1.165, 1.54) is 12.5 Å². The monoisotopic (exact) mass is 295 g/mol. The zero-order valence-corrected chi connectivity index (χ0v) is 10.6. The van der Waals surface area contributed by atoms with Gasteiger partial charge in [-0.3, -0.25) is 4.79 Å². The molecule has 0 bridgehead atoms. The molecule has 110 valence electrons. The third-order valence-corrected chi connectivity index (χ3v) is 2.76. The zero-order chi connectivity index (χ0) is 15.4. The van der Waals surface area contributed by atoms with Gasteiger partial charge in [0.05, 0.1) is 6.33 Å². The fourth-order valence-electron chi connectivity index (χ4n) is 1.70. The summed E-state index contributed by atoms with van der Waals surface area (Å²) >= 11 is 0. The minimum absolute atomic E-state index is 0.00918. The highest BCUT2D eigenvalue weighted by Gasteiger charge is 2.22. The molecule has 1 aromatic heterocycles. The minimum atomic E-state index is -1.25. The minimum Gasteiger partial charge on any atom is -0.480 e. The van der Waals surface area contributed by atoms with Gasteiger partial charge in [-0.2, -0.15) is 0 Å². The van der Waals surface area contributed by atoms with Gasteiger partial charge in [-0.1, -0.05) is 0 Å². The van der Waals surface area contributed by atoms with Gasteiger partial charge in [-0.15, -0.1) is 0 Å². The predicted octanol–water partition coefficient (Wildman–Crippen LogP) is 1.11. The Morgan fingerprint density at radius 1 is 1.33 bits per heavy atom. The number of nitrogens with zero attached hydrogens (tertiary/aromatic N) is 1. The van der Waals surface area contributed by atoms with Crippen LogP contribution in [0.25, 0.3) is 0 Å². The summed E-state index contributed by atoms with van der Waals surface area (Å²) in [5, 5.41) is 11.3. The number of halogens is 2. The smallest absolute Gasteiger partial charge is 0.326 e. The number of carbonyl (C=O) groups excluding carboxylic acids is 1. The van der Waals surface area contributed by atoms with Gasteiger partial charge in [0.15, 0.2) is 11.6 Å². The molecule has 0 saturated heterocycles. The molecule has 3 N–H and O–H groups in total. The molecule has 0 saturated carbocycles. The summed E-state index contributed by atoms with van der Waals surface area (Å²) in [5.74, 6) is -4.32. The summed E-state index contributed by atoms with van der Waals surface area (Å²) < 4.78 is 25.8. The Morgan fingerprint density at radius 3 is 2.67 bits per heavy atom. The Kier molecular flexibility index (Phi) is 4.27. The van der Waals surface area contributed by atoms with Gasteiger partial charge in [0, 0.05) is 23.9 Å². The maximum absolute atomic E-state index is 13.1. The Bertz CT molecular complexity index is 659. The van der Waals surface area contributed by atoms with Crippen molar-refractivity contribution in [3.05, 3.63) is 53.6 Å². The van der Waals surface area contributed by atoms with E-state index in [1.807, 2.05) is 0 Å². The highest BCUT2D eigenvalue weighted by atomic mass is 19.2. The van der Waals surface area contributed by atoms with Crippen molar-refractivity contribution in [2.24, 2.45) is 0 Å². The Balaban J connectivity index is 2.10. The highest BCUT2D eigenvalue weighted by Crippen LogP contribution is 2.09. The molecule has 1 heterocycles. The summed E-state index contributed by atoms with van der Waals surface area (Å²) in [5.41, 5.74) is 0.359. The quantitative estimate of drug-likeness (QED) is 0.770.